The summed E-state index contributed by atoms with van der Waals surface area (Å²) >= 11 is 11.2. The van der Waals surface area contributed by atoms with Crippen LogP contribution in [-0.2, 0) is 4.79 Å². The second kappa shape index (κ2) is 4.55. The van der Waals surface area contributed by atoms with Crippen LogP contribution < -0.4 is 0 Å². The number of nitrogens with one attached hydrogen (secondary N) is 1. The summed E-state index contributed by atoms with van der Waals surface area (Å²) in [5, 5.41) is 8.87. The Morgan fingerprint density at radius 3 is 2.53 bits per heavy atom. The summed E-state index contributed by atoms with van der Waals surface area (Å²) in [6.07, 6.45) is 0. The topological polar surface area (TPSA) is 73.4 Å². The predicted octanol–water partition coefficient (Wildman–Crippen LogP) is 1.48. The summed E-state index contributed by atoms with van der Waals surface area (Å²) < 4.78 is 0. The van der Waals surface area contributed by atoms with Crippen LogP contribution in [0.2, 0.25) is 10.2 Å². The van der Waals surface area contributed by atoms with Crippen LogP contribution in [0.15, 0.2) is 6.07 Å². The largest absolute Gasteiger partial charge is 0.480 e. The molecule has 1 aromatic rings. The first-order valence-electron chi connectivity index (χ1n) is 3.93. The molecule has 0 aromatic carbocycles. The molecule has 7 heteroatoms. The van der Waals surface area contributed by atoms with E-state index in [1.54, 1.807) is 0 Å². The maximum atomic E-state index is 11.6. The average molecular weight is 251 g/mol. The van der Waals surface area contributed by atoms with Crippen molar-refractivity contribution >= 4 is 35.1 Å². The number of carbonyl (C=O) groups excluding carboxylic acids is 1. The quantitative estimate of drug-likeness (QED) is 0.854. The predicted molar refractivity (Wildman–Crippen MR) is 55.4 cm³/mol. The van der Waals surface area contributed by atoms with E-state index in [4.69, 9.17) is 28.3 Å². The summed E-state index contributed by atoms with van der Waals surface area (Å²) in [5.41, 5.74) is 0.161. The number of carbonyl (C=O) groups is 2. The number of halogens is 2. The van der Waals surface area contributed by atoms with E-state index in [1.807, 2.05) is 0 Å². The van der Waals surface area contributed by atoms with Gasteiger partial charge in [0.15, 0.2) is 0 Å². The number of carboxylic acid groups (broad SMARTS) is 1. The molecule has 1 aromatic heterocycles. The van der Waals surface area contributed by atoms with Gasteiger partial charge in [-0.3, -0.25) is 9.59 Å². The van der Waals surface area contributed by atoms with E-state index in [9.17, 15) is 9.59 Å². The van der Waals surface area contributed by atoms with Gasteiger partial charge in [-0.15, -0.1) is 0 Å². The lowest BCUT2D eigenvalue weighted by atomic mass is 10.4. The highest BCUT2D eigenvalue weighted by atomic mass is 35.5. The summed E-state index contributed by atoms with van der Waals surface area (Å²) in [5.74, 6) is -1.57. The monoisotopic (exact) mass is 250 g/mol. The fraction of sp³-hybridized carbons (Fsp3) is 0.250. The molecule has 82 valence electrons. The van der Waals surface area contributed by atoms with Gasteiger partial charge in [0.05, 0.1) is 5.02 Å². The van der Waals surface area contributed by atoms with Gasteiger partial charge in [0, 0.05) is 7.05 Å². The number of nitrogens with zero attached hydrogens (tertiary/aromatic N) is 1. The molecule has 0 bridgehead atoms. The molecule has 1 rings (SSSR count). The molecule has 0 atom stereocenters. The zero-order valence-electron chi connectivity index (χ0n) is 7.75. The van der Waals surface area contributed by atoms with Crippen LogP contribution in [-0.4, -0.2) is 40.5 Å². The maximum absolute atomic E-state index is 11.6. The van der Waals surface area contributed by atoms with Crippen molar-refractivity contribution in [1.29, 1.82) is 0 Å². The molecule has 0 aliphatic carbocycles. The Morgan fingerprint density at radius 1 is 1.53 bits per heavy atom. The molecule has 1 heterocycles. The molecular formula is C8H8Cl2N2O3. The van der Waals surface area contributed by atoms with Gasteiger partial charge in [-0.2, -0.15) is 0 Å². The first kappa shape index (κ1) is 11.9. The normalized spacial score (nSPS) is 10.1. The molecule has 0 spiro atoms. The Hall–Kier alpha value is -1.20. The minimum Gasteiger partial charge on any atom is -0.480 e. The third-order valence-corrected chi connectivity index (χ3v) is 2.37. The summed E-state index contributed by atoms with van der Waals surface area (Å²) in [6, 6.07) is 1.35. The van der Waals surface area contributed by atoms with Gasteiger partial charge in [-0.1, -0.05) is 23.2 Å². The zero-order chi connectivity index (χ0) is 11.6. The van der Waals surface area contributed by atoms with Gasteiger partial charge in [-0.25, -0.2) is 0 Å². The van der Waals surface area contributed by atoms with E-state index < -0.39 is 11.9 Å². The lowest BCUT2D eigenvalue weighted by molar-refractivity contribution is -0.137. The number of H-pyrrole nitrogens is 1. The minimum absolute atomic E-state index is 0.156. The van der Waals surface area contributed by atoms with Gasteiger partial charge in [0.25, 0.3) is 5.91 Å². The number of hydrogen-bond acceptors (Lipinski definition) is 2. The number of rotatable bonds is 3. The van der Waals surface area contributed by atoms with Crippen molar-refractivity contribution in [3.05, 3.63) is 21.9 Å². The van der Waals surface area contributed by atoms with Crippen LogP contribution in [0.1, 0.15) is 10.5 Å². The Bertz CT molecular complexity index is 383. The number of carboxylic acids is 1. The molecule has 0 fully saturated rings. The second-order valence-corrected chi connectivity index (χ2v) is 3.69. The molecule has 0 aliphatic rings. The van der Waals surface area contributed by atoms with Crippen molar-refractivity contribution < 1.29 is 14.7 Å². The van der Waals surface area contributed by atoms with Gasteiger partial charge >= 0.3 is 5.97 Å². The lowest BCUT2D eigenvalue weighted by Gasteiger charge is -2.12. The molecule has 0 aliphatic heterocycles. The van der Waals surface area contributed by atoms with Crippen LogP contribution in [0.5, 0.6) is 0 Å². The van der Waals surface area contributed by atoms with Crippen LogP contribution in [0.3, 0.4) is 0 Å². The van der Waals surface area contributed by atoms with E-state index in [0.29, 0.717) is 0 Å². The Balaban J connectivity index is 2.80. The molecule has 5 nitrogen and oxygen atoms in total. The van der Waals surface area contributed by atoms with Crippen LogP contribution in [0.4, 0.5) is 0 Å². The Kier molecular flexibility index (Phi) is 3.60. The standard InChI is InChI=1S/C8H8Cl2N2O3/c1-12(3-6(13)14)8(15)5-2-4(9)7(10)11-5/h2,11H,3H2,1H3,(H,13,14). The number of aromatic amines is 1. The number of hydrogen-bond donors (Lipinski definition) is 2. The van der Waals surface area contributed by atoms with Crippen molar-refractivity contribution in [3.8, 4) is 0 Å². The van der Waals surface area contributed by atoms with E-state index in [1.165, 1.54) is 13.1 Å². The van der Waals surface area contributed by atoms with E-state index in [0.717, 1.165) is 4.90 Å². The highest BCUT2D eigenvalue weighted by Gasteiger charge is 2.17. The van der Waals surface area contributed by atoms with Gasteiger partial charge < -0.3 is 15.0 Å². The Morgan fingerprint density at radius 2 is 2.13 bits per heavy atom. The molecule has 15 heavy (non-hydrogen) atoms. The summed E-state index contributed by atoms with van der Waals surface area (Å²) in [4.78, 5) is 25.5. The zero-order valence-corrected chi connectivity index (χ0v) is 9.26. The molecule has 0 saturated heterocycles. The van der Waals surface area contributed by atoms with Crippen LogP contribution in [0.25, 0.3) is 0 Å². The SMILES string of the molecule is CN(CC(=O)O)C(=O)c1cc(Cl)c(Cl)[nH]1. The molecule has 2 N–H and O–H groups in total. The molecule has 1 amide bonds. The smallest absolute Gasteiger partial charge is 0.323 e. The lowest BCUT2D eigenvalue weighted by Crippen LogP contribution is -2.32. The van der Waals surface area contributed by atoms with E-state index in [-0.39, 0.29) is 22.4 Å². The van der Waals surface area contributed by atoms with Crippen LogP contribution in [0, 0.1) is 0 Å². The number of aromatic nitrogens is 1. The second-order valence-electron chi connectivity index (χ2n) is 2.90. The van der Waals surface area contributed by atoms with Gasteiger partial charge in [0.1, 0.15) is 17.4 Å². The third-order valence-electron chi connectivity index (χ3n) is 1.67. The number of amides is 1. The highest BCUT2D eigenvalue weighted by molar-refractivity contribution is 6.41. The fourth-order valence-corrected chi connectivity index (χ4v) is 1.31. The summed E-state index contributed by atoms with van der Waals surface area (Å²) in [6.45, 7) is -0.382. The molecule has 0 radical (unpaired) electrons. The van der Waals surface area contributed by atoms with Crippen molar-refractivity contribution in [2.45, 2.75) is 0 Å². The van der Waals surface area contributed by atoms with Crippen LogP contribution >= 0.6 is 23.2 Å². The van der Waals surface area contributed by atoms with E-state index >= 15 is 0 Å². The first-order valence-corrected chi connectivity index (χ1v) is 4.68. The molecule has 0 saturated carbocycles. The third kappa shape index (κ3) is 2.87. The van der Waals surface area contributed by atoms with Gasteiger partial charge in [0.2, 0.25) is 0 Å². The Labute approximate surface area is 95.6 Å². The van der Waals surface area contributed by atoms with E-state index in [2.05, 4.69) is 4.98 Å². The maximum Gasteiger partial charge on any atom is 0.323 e. The highest BCUT2D eigenvalue weighted by Crippen LogP contribution is 2.22. The number of aliphatic carboxylic acids is 1. The molecular weight excluding hydrogens is 243 g/mol. The number of likely N-dealkylation sites (N-methyl/N-ethyl adjacent to an activating group) is 1. The fourth-order valence-electron chi connectivity index (χ4n) is 1.000. The summed E-state index contributed by atoms with van der Waals surface area (Å²) in [7, 11) is 1.37. The van der Waals surface area contributed by atoms with Crippen molar-refractivity contribution in [1.82, 2.24) is 9.88 Å². The van der Waals surface area contributed by atoms with Crippen molar-refractivity contribution in [2.24, 2.45) is 0 Å². The average Bonchev–Trinajstić information content (AvgIpc) is 2.44. The first-order chi connectivity index (χ1) is 6.91. The van der Waals surface area contributed by atoms with Crippen molar-refractivity contribution in [3.63, 3.8) is 0 Å². The minimum atomic E-state index is -1.09. The van der Waals surface area contributed by atoms with Gasteiger partial charge in [-0.05, 0) is 6.07 Å². The van der Waals surface area contributed by atoms with Crippen molar-refractivity contribution in [2.75, 3.05) is 13.6 Å². The molecule has 0 unspecified atom stereocenters.